The van der Waals surface area contributed by atoms with Crippen molar-refractivity contribution in [3.8, 4) is 0 Å². The lowest BCUT2D eigenvalue weighted by Crippen LogP contribution is -2.52. The third kappa shape index (κ3) is 5.32. The maximum atomic E-state index is 15.0. The number of hydrogen-bond donors (Lipinski definition) is 0. The highest BCUT2D eigenvalue weighted by Crippen LogP contribution is 2.61. The second kappa shape index (κ2) is 11.3. The first kappa shape index (κ1) is 32.5. The fraction of sp³-hybridized carbons (Fsp3) is 0.714. The van der Waals surface area contributed by atoms with Crippen LogP contribution in [0.4, 0.5) is 13.2 Å². The SMILES string of the molecule is CC(C)(C)[Si](C)(C)O[C@H]1CC2(CCC2)Cc2c1c1c(c(C3CCOCC3)[n+]2[O-])[C@@H](c2ccc(C(F)(F)F)cn2)OC12CCOCC2. The monoisotopic (exact) mass is 660 g/mol. The molecule has 2 atom stereocenters. The molecule has 0 amide bonds. The molecule has 2 aromatic heterocycles. The smallest absolute Gasteiger partial charge is 0.417 e. The topological polar surface area (TPSA) is 76.8 Å². The molecule has 0 radical (unpaired) electrons. The molecule has 2 aliphatic carbocycles. The van der Waals surface area contributed by atoms with Gasteiger partial charge in [-0.2, -0.15) is 17.9 Å². The quantitative estimate of drug-likeness (QED) is 0.188. The van der Waals surface area contributed by atoms with Gasteiger partial charge in [-0.3, -0.25) is 4.98 Å². The average molecular weight is 661 g/mol. The Kier molecular flexibility index (Phi) is 7.95. The molecule has 0 N–H and O–H groups in total. The Labute approximate surface area is 270 Å². The first-order valence-corrected chi connectivity index (χ1v) is 19.9. The Morgan fingerprint density at radius 3 is 2.22 bits per heavy atom. The summed E-state index contributed by atoms with van der Waals surface area (Å²) >= 11 is 0. The van der Waals surface area contributed by atoms with Gasteiger partial charge in [0.15, 0.2) is 14.0 Å². The van der Waals surface area contributed by atoms with Crippen LogP contribution in [0.1, 0.15) is 130 Å². The van der Waals surface area contributed by atoms with Gasteiger partial charge in [-0.15, -0.1) is 0 Å². The van der Waals surface area contributed by atoms with E-state index in [-0.39, 0.29) is 22.5 Å². The van der Waals surface area contributed by atoms with Crippen LogP contribution < -0.4 is 4.73 Å². The molecule has 3 fully saturated rings. The molecular weight excluding hydrogens is 613 g/mol. The Bertz CT molecular complexity index is 1470. The third-order valence-electron chi connectivity index (χ3n) is 12.1. The molecule has 1 saturated carbocycles. The van der Waals surface area contributed by atoms with Gasteiger partial charge in [0.1, 0.15) is 11.7 Å². The van der Waals surface area contributed by atoms with Crippen LogP contribution in [-0.2, 0) is 36.8 Å². The van der Waals surface area contributed by atoms with Crippen LogP contribution in [-0.4, -0.2) is 39.7 Å². The van der Waals surface area contributed by atoms with Crippen LogP contribution in [0.3, 0.4) is 0 Å². The second-order valence-electron chi connectivity index (χ2n) is 15.9. The van der Waals surface area contributed by atoms with Crippen LogP contribution in [0.15, 0.2) is 18.3 Å². The van der Waals surface area contributed by atoms with Crippen molar-refractivity contribution in [1.82, 2.24) is 4.98 Å². The summed E-state index contributed by atoms with van der Waals surface area (Å²) in [4.78, 5) is 4.35. The molecule has 3 aliphatic heterocycles. The molecule has 7 nitrogen and oxygen atoms in total. The van der Waals surface area contributed by atoms with Crippen molar-refractivity contribution in [2.75, 3.05) is 26.4 Å². The van der Waals surface area contributed by atoms with Crippen molar-refractivity contribution in [1.29, 1.82) is 0 Å². The van der Waals surface area contributed by atoms with E-state index in [1.807, 2.05) is 0 Å². The fourth-order valence-corrected chi connectivity index (χ4v) is 9.64. The Balaban J connectivity index is 1.49. The summed E-state index contributed by atoms with van der Waals surface area (Å²) in [6.07, 6.45) is 2.84. The summed E-state index contributed by atoms with van der Waals surface area (Å²) in [6, 6.07) is 2.49. The molecule has 46 heavy (non-hydrogen) atoms. The van der Waals surface area contributed by atoms with Crippen molar-refractivity contribution in [3.05, 3.63) is 62.9 Å². The standard InChI is InChI=1S/C35H47F3N2O5Si/c1-32(2,3)46(4,5)45-26-20-33(11-6-12-33)19-25-27(26)29-28(30(40(25)41)22-9-15-42-16-10-22)31(44-34(29)13-17-43-18-14-34)24-8-7-23(21-39-24)35(36,37)38/h7-8,21-22,26,31H,6,9-20H2,1-5H3/t26-,31+/m0/s1. The predicted octanol–water partition coefficient (Wildman–Crippen LogP) is 7.93. The highest BCUT2D eigenvalue weighted by Gasteiger charge is 2.58. The number of rotatable bonds is 4. The summed E-state index contributed by atoms with van der Waals surface area (Å²) in [7, 11) is -2.29. The van der Waals surface area contributed by atoms with Crippen LogP contribution in [0.2, 0.25) is 18.1 Å². The van der Waals surface area contributed by atoms with E-state index in [2.05, 4.69) is 38.8 Å². The highest BCUT2D eigenvalue weighted by atomic mass is 28.4. The Morgan fingerprint density at radius 2 is 1.65 bits per heavy atom. The number of ether oxygens (including phenoxy) is 3. The molecular formula is C35H47F3N2O5Si. The van der Waals surface area contributed by atoms with Gasteiger partial charge in [0.2, 0.25) is 5.69 Å². The minimum absolute atomic E-state index is 0.0322. The number of nitrogens with zero attached hydrogens (tertiary/aromatic N) is 2. The average Bonchev–Trinajstić information content (AvgIpc) is 3.29. The predicted molar refractivity (Wildman–Crippen MR) is 168 cm³/mol. The van der Waals surface area contributed by atoms with Gasteiger partial charge in [-0.05, 0) is 67.8 Å². The van der Waals surface area contributed by atoms with Gasteiger partial charge >= 0.3 is 6.18 Å². The van der Waals surface area contributed by atoms with E-state index < -0.39 is 31.8 Å². The minimum Gasteiger partial charge on any atom is -0.618 e. The highest BCUT2D eigenvalue weighted by molar-refractivity contribution is 6.74. The minimum atomic E-state index is -4.50. The number of halogens is 3. The summed E-state index contributed by atoms with van der Waals surface area (Å²) < 4.78 is 68.0. The number of fused-ring (bicyclic) bond motifs is 4. The van der Waals surface area contributed by atoms with Crippen LogP contribution >= 0.6 is 0 Å². The number of alkyl halides is 3. The number of pyridine rings is 2. The molecule has 2 spiro atoms. The van der Waals surface area contributed by atoms with Crippen molar-refractivity contribution in [3.63, 3.8) is 0 Å². The lowest BCUT2D eigenvalue weighted by molar-refractivity contribution is -0.627. The first-order valence-electron chi connectivity index (χ1n) is 17.0. The fourth-order valence-electron chi connectivity index (χ4n) is 8.37. The van der Waals surface area contributed by atoms with E-state index >= 15 is 5.21 Å². The summed E-state index contributed by atoms with van der Waals surface area (Å²) in [5.74, 6) is -0.0557. The zero-order valence-electron chi connectivity index (χ0n) is 27.7. The summed E-state index contributed by atoms with van der Waals surface area (Å²) in [6.45, 7) is 13.4. The van der Waals surface area contributed by atoms with Crippen LogP contribution in [0.5, 0.6) is 0 Å². The number of aromatic nitrogens is 2. The van der Waals surface area contributed by atoms with E-state index in [1.54, 1.807) is 0 Å². The maximum Gasteiger partial charge on any atom is 0.417 e. The normalized spacial score (nSPS) is 26.2. The van der Waals surface area contributed by atoms with Crippen molar-refractivity contribution in [2.45, 2.75) is 127 Å². The van der Waals surface area contributed by atoms with Crippen molar-refractivity contribution >= 4 is 8.32 Å². The molecule has 7 rings (SSSR count). The summed E-state index contributed by atoms with van der Waals surface area (Å²) in [5, 5.41) is 15.0. The molecule has 0 bridgehead atoms. The molecule has 11 heteroatoms. The van der Waals surface area contributed by atoms with E-state index in [1.165, 1.54) is 10.8 Å². The Hall–Kier alpha value is -2.05. The van der Waals surface area contributed by atoms with Crippen LogP contribution in [0.25, 0.3) is 0 Å². The van der Waals surface area contributed by atoms with Gasteiger partial charge in [0.25, 0.3) is 0 Å². The molecule has 0 aromatic carbocycles. The molecule has 2 aromatic rings. The van der Waals surface area contributed by atoms with E-state index in [4.69, 9.17) is 18.6 Å². The molecule has 5 heterocycles. The lowest BCUT2D eigenvalue weighted by Gasteiger charge is -2.50. The second-order valence-corrected chi connectivity index (χ2v) is 20.6. The Morgan fingerprint density at radius 1 is 0.978 bits per heavy atom. The molecule has 252 valence electrons. The summed E-state index contributed by atoms with van der Waals surface area (Å²) in [5.41, 5.74) is 3.17. The zero-order valence-corrected chi connectivity index (χ0v) is 28.7. The number of hydrogen-bond acceptors (Lipinski definition) is 6. The first-order chi connectivity index (χ1) is 21.6. The lowest BCUT2D eigenvalue weighted by atomic mass is 9.58. The molecule has 0 unspecified atom stereocenters. The zero-order chi connectivity index (χ0) is 32.7. The molecule has 2 saturated heterocycles. The van der Waals surface area contributed by atoms with Gasteiger partial charge in [-0.25, -0.2) is 0 Å². The van der Waals surface area contributed by atoms with E-state index in [0.29, 0.717) is 69.9 Å². The largest absolute Gasteiger partial charge is 0.618 e. The van der Waals surface area contributed by atoms with Gasteiger partial charge in [-0.1, -0.05) is 27.2 Å². The van der Waals surface area contributed by atoms with Crippen LogP contribution in [0, 0.1) is 10.6 Å². The van der Waals surface area contributed by atoms with Gasteiger partial charge in [0, 0.05) is 63.4 Å². The van der Waals surface area contributed by atoms with E-state index in [0.717, 1.165) is 60.3 Å². The molecule has 5 aliphatic rings. The maximum absolute atomic E-state index is 15.0. The van der Waals surface area contributed by atoms with Gasteiger partial charge < -0.3 is 23.8 Å². The third-order valence-corrected chi connectivity index (χ3v) is 16.6. The van der Waals surface area contributed by atoms with Crippen molar-refractivity contribution < 1.29 is 36.5 Å². The van der Waals surface area contributed by atoms with E-state index in [9.17, 15) is 13.2 Å². The van der Waals surface area contributed by atoms with Gasteiger partial charge in [0.05, 0.1) is 28.5 Å². The van der Waals surface area contributed by atoms with Crippen molar-refractivity contribution in [2.24, 2.45) is 5.41 Å².